The molecular weight excluding hydrogens is 548 g/mol. The van der Waals surface area contributed by atoms with E-state index in [2.05, 4.69) is 20.0 Å². The van der Waals surface area contributed by atoms with Gasteiger partial charge in [0.15, 0.2) is 5.75 Å². The molecule has 2 N–H and O–H groups in total. The van der Waals surface area contributed by atoms with Gasteiger partial charge in [0.25, 0.3) is 5.56 Å². The molecule has 2 atom stereocenters. The normalized spacial score (nSPS) is 22.6. The first-order chi connectivity index (χ1) is 19.0. The number of halogens is 2. The molecule has 3 heterocycles. The number of alkyl halides is 2. The maximum Gasteiger partial charge on any atom is 0.387 e. The van der Waals surface area contributed by atoms with Gasteiger partial charge in [-0.05, 0) is 57.2 Å². The minimum Gasteiger partial charge on any atom is -0.495 e. The number of hydrogen-bond donors (Lipinski definition) is 2. The number of rotatable bonds is 8. The molecule has 2 aliphatic rings. The van der Waals surface area contributed by atoms with E-state index in [4.69, 9.17) is 4.74 Å². The molecule has 2 aromatic heterocycles. The summed E-state index contributed by atoms with van der Waals surface area (Å²) < 4.78 is 64.8. The molecule has 1 aliphatic carbocycles. The Morgan fingerprint density at radius 2 is 1.90 bits per heavy atom. The van der Waals surface area contributed by atoms with Crippen LogP contribution in [0.3, 0.4) is 0 Å². The van der Waals surface area contributed by atoms with Crippen molar-refractivity contribution in [1.29, 1.82) is 0 Å². The van der Waals surface area contributed by atoms with Gasteiger partial charge in [-0.2, -0.15) is 18.1 Å². The Balaban J connectivity index is 1.39. The smallest absolute Gasteiger partial charge is 0.387 e. The minimum absolute atomic E-state index is 0.109. The maximum atomic E-state index is 13.2. The first kappa shape index (κ1) is 28.2. The Morgan fingerprint density at radius 1 is 1.18 bits per heavy atom. The molecule has 2 fully saturated rings. The standard InChI is InChI=1S/C26H31F2N5O6S/c1-26(35)11-5-8-21(26)33-22-16(14-19(23(33)34)39-24(27)28)15-29-25(31-22)30-17-9-12-32(13-10-17)40(36,37)20-7-4-3-6-18(20)38-2/h3-4,6-7,14-15,17,21,24,35H,5,8-13H2,1-2H3,(H,29,30,31)/t21-,26-/m1/s1. The van der Waals surface area contributed by atoms with Gasteiger partial charge in [0.1, 0.15) is 16.3 Å². The first-order valence-electron chi connectivity index (χ1n) is 13.0. The highest BCUT2D eigenvalue weighted by atomic mass is 32.2. The van der Waals surface area contributed by atoms with Crippen molar-refractivity contribution in [1.82, 2.24) is 18.8 Å². The highest BCUT2D eigenvalue weighted by Crippen LogP contribution is 2.40. The number of aliphatic hydroxyl groups is 1. The second kappa shape index (κ2) is 10.9. The molecule has 3 aromatic rings. The third-order valence-corrected chi connectivity index (χ3v) is 9.56. The van der Waals surface area contributed by atoms with Gasteiger partial charge in [-0.3, -0.25) is 9.36 Å². The van der Waals surface area contributed by atoms with Crippen molar-refractivity contribution in [3.05, 3.63) is 46.9 Å². The number of piperidine rings is 1. The summed E-state index contributed by atoms with van der Waals surface area (Å²) in [6.45, 7) is -1.07. The molecule has 0 spiro atoms. The molecule has 1 saturated carbocycles. The fourth-order valence-electron chi connectivity index (χ4n) is 5.57. The van der Waals surface area contributed by atoms with E-state index >= 15 is 0 Å². The molecule has 1 saturated heterocycles. The summed E-state index contributed by atoms with van der Waals surface area (Å²) in [6, 6.07) is 6.80. The van der Waals surface area contributed by atoms with Crippen molar-refractivity contribution in [2.45, 2.75) is 68.2 Å². The van der Waals surface area contributed by atoms with Crippen molar-refractivity contribution in [3.63, 3.8) is 0 Å². The summed E-state index contributed by atoms with van der Waals surface area (Å²) in [4.78, 5) is 22.2. The van der Waals surface area contributed by atoms with Crippen LogP contribution >= 0.6 is 0 Å². The molecule has 216 valence electrons. The third kappa shape index (κ3) is 5.34. The molecule has 1 aliphatic heterocycles. The highest BCUT2D eigenvalue weighted by molar-refractivity contribution is 7.89. The van der Waals surface area contributed by atoms with Crippen LogP contribution < -0.4 is 20.3 Å². The molecule has 14 heteroatoms. The molecule has 0 unspecified atom stereocenters. The number of aromatic nitrogens is 3. The third-order valence-electron chi connectivity index (χ3n) is 7.62. The second-order valence-corrected chi connectivity index (χ2v) is 12.2. The van der Waals surface area contributed by atoms with Gasteiger partial charge in [0.2, 0.25) is 16.0 Å². The van der Waals surface area contributed by atoms with E-state index < -0.39 is 39.6 Å². The number of methoxy groups -OCH3 is 1. The topological polar surface area (TPSA) is 136 Å². The summed E-state index contributed by atoms with van der Waals surface area (Å²) in [6.07, 6.45) is 3.91. The van der Waals surface area contributed by atoms with E-state index in [0.29, 0.717) is 37.5 Å². The van der Waals surface area contributed by atoms with E-state index in [1.54, 1.807) is 25.1 Å². The van der Waals surface area contributed by atoms with Crippen LogP contribution in [-0.4, -0.2) is 70.8 Å². The van der Waals surface area contributed by atoms with Gasteiger partial charge >= 0.3 is 6.61 Å². The Morgan fingerprint density at radius 3 is 2.55 bits per heavy atom. The molecule has 0 bridgehead atoms. The van der Waals surface area contributed by atoms with E-state index in [1.165, 1.54) is 34.3 Å². The van der Waals surface area contributed by atoms with Crippen LogP contribution in [0.4, 0.5) is 14.7 Å². The van der Waals surface area contributed by atoms with Crippen LogP contribution in [0.25, 0.3) is 11.0 Å². The molecule has 40 heavy (non-hydrogen) atoms. The summed E-state index contributed by atoms with van der Waals surface area (Å²) in [5.74, 6) is -0.0632. The van der Waals surface area contributed by atoms with Crippen LogP contribution in [0.1, 0.15) is 45.1 Å². The zero-order chi connectivity index (χ0) is 28.7. The number of sulfonamides is 1. The summed E-state index contributed by atoms with van der Waals surface area (Å²) >= 11 is 0. The fraction of sp³-hybridized carbons (Fsp3) is 0.500. The summed E-state index contributed by atoms with van der Waals surface area (Å²) in [7, 11) is -2.33. The number of nitrogens with one attached hydrogen (secondary N) is 1. The van der Waals surface area contributed by atoms with Crippen molar-refractivity contribution in [2.75, 3.05) is 25.5 Å². The van der Waals surface area contributed by atoms with Gasteiger partial charge in [-0.1, -0.05) is 12.1 Å². The second-order valence-electron chi connectivity index (χ2n) is 10.3. The molecule has 11 nitrogen and oxygen atoms in total. The number of anilines is 1. The van der Waals surface area contributed by atoms with Crippen molar-refractivity contribution in [2.24, 2.45) is 0 Å². The zero-order valence-electron chi connectivity index (χ0n) is 22.1. The molecule has 5 rings (SSSR count). The Hall–Kier alpha value is -3.36. The molecule has 1 aromatic carbocycles. The maximum absolute atomic E-state index is 13.2. The zero-order valence-corrected chi connectivity index (χ0v) is 22.9. The predicted octanol–water partition coefficient (Wildman–Crippen LogP) is 3.14. The Bertz CT molecular complexity index is 1560. The lowest BCUT2D eigenvalue weighted by Crippen LogP contribution is -2.42. The molecular formula is C26H31F2N5O6S. The van der Waals surface area contributed by atoms with Gasteiger partial charge in [-0.15, -0.1) is 0 Å². The lowest BCUT2D eigenvalue weighted by Gasteiger charge is -2.32. The Labute approximate surface area is 229 Å². The van der Waals surface area contributed by atoms with Crippen LogP contribution in [-0.2, 0) is 10.0 Å². The van der Waals surface area contributed by atoms with E-state index in [0.717, 1.165) is 0 Å². The van der Waals surface area contributed by atoms with Crippen LogP contribution in [0.2, 0.25) is 0 Å². The summed E-state index contributed by atoms with van der Waals surface area (Å²) in [5, 5.41) is 14.5. The molecule has 0 radical (unpaired) electrons. The van der Waals surface area contributed by atoms with Gasteiger partial charge in [-0.25, -0.2) is 13.4 Å². The molecule has 0 amide bonds. The number of para-hydroxylation sites is 1. The number of nitrogens with zero attached hydrogens (tertiary/aromatic N) is 4. The minimum atomic E-state index is -3.75. The quantitative estimate of drug-likeness (QED) is 0.413. The summed E-state index contributed by atoms with van der Waals surface area (Å²) in [5.41, 5.74) is -1.86. The van der Waals surface area contributed by atoms with Crippen molar-refractivity contribution in [3.8, 4) is 11.5 Å². The van der Waals surface area contributed by atoms with Gasteiger partial charge in [0.05, 0.1) is 18.8 Å². The lowest BCUT2D eigenvalue weighted by molar-refractivity contribution is -0.0513. The largest absolute Gasteiger partial charge is 0.495 e. The van der Waals surface area contributed by atoms with Crippen LogP contribution in [0, 0.1) is 0 Å². The van der Waals surface area contributed by atoms with Crippen molar-refractivity contribution < 1.29 is 31.8 Å². The number of pyridine rings is 1. The number of benzene rings is 1. The average molecular weight is 580 g/mol. The highest BCUT2D eigenvalue weighted by Gasteiger charge is 2.40. The monoisotopic (exact) mass is 579 g/mol. The predicted molar refractivity (Wildman–Crippen MR) is 142 cm³/mol. The van der Waals surface area contributed by atoms with Gasteiger partial charge in [0, 0.05) is 30.7 Å². The van der Waals surface area contributed by atoms with Crippen LogP contribution in [0.15, 0.2) is 46.2 Å². The first-order valence-corrected chi connectivity index (χ1v) is 14.4. The van der Waals surface area contributed by atoms with E-state index in [-0.39, 0.29) is 41.4 Å². The lowest BCUT2D eigenvalue weighted by atomic mass is 10.00. The van der Waals surface area contributed by atoms with Crippen LogP contribution in [0.5, 0.6) is 11.5 Å². The SMILES string of the molecule is COc1ccccc1S(=O)(=O)N1CCC(Nc2ncc3cc(OC(F)F)c(=O)n([C@@H]4CCC[C@@]4(C)O)c3n2)CC1. The Kier molecular flexibility index (Phi) is 7.68. The number of ether oxygens (including phenoxy) is 2. The number of fused-ring (bicyclic) bond motifs is 1. The average Bonchev–Trinajstić information content (AvgIpc) is 3.27. The van der Waals surface area contributed by atoms with E-state index in [9.17, 15) is 27.1 Å². The van der Waals surface area contributed by atoms with Crippen molar-refractivity contribution >= 4 is 27.0 Å². The fourth-order valence-corrected chi connectivity index (χ4v) is 7.19. The van der Waals surface area contributed by atoms with E-state index in [1.807, 2.05) is 0 Å². The van der Waals surface area contributed by atoms with Gasteiger partial charge < -0.3 is 19.9 Å². The number of hydrogen-bond acceptors (Lipinski definition) is 9.